The molecule has 0 fully saturated rings. The van der Waals surface area contributed by atoms with Gasteiger partial charge in [-0.2, -0.15) is 5.26 Å². The summed E-state index contributed by atoms with van der Waals surface area (Å²) in [5.74, 6) is -0.337. The van der Waals surface area contributed by atoms with Crippen molar-refractivity contribution in [3.8, 4) is 6.07 Å². The Balaban J connectivity index is 1.95. The summed E-state index contributed by atoms with van der Waals surface area (Å²) in [5.41, 5.74) is 1.70. The summed E-state index contributed by atoms with van der Waals surface area (Å²) in [7, 11) is 0. The van der Waals surface area contributed by atoms with Crippen LogP contribution in [0.4, 0.5) is 5.69 Å². The molecule has 0 saturated carbocycles. The van der Waals surface area contributed by atoms with Gasteiger partial charge in [0.1, 0.15) is 0 Å². The van der Waals surface area contributed by atoms with Crippen molar-refractivity contribution >= 4 is 23.2 Å². The molecule has 7 heteroatoms. The van der Waals surface area contributed by atoms with E-state index >= 15 is 0 Å². The van der Waals surface area contributed by atoms with Gasteiger partial charge in [0.05, 0.1) is 39.3 Å². The molecule has 2 aromatic carbocycles. The second kappa shape index (κ2) is 5.71. The number of nitro benzene ring substituents is 1. The Morgan fingerprint density at radius 2 is 2.13 bits per heavy atom. The van der Waals surface area contributed by atoms with E-state index in [1.165, 1.54) is 17.0 Å². The van der Waals surface area contributed by atoms with E-state index in [1.807, 2.05) is 6.07 Å². The number of nitro groups is 1. The van der Waals surface area contributed by atoms with Gasteiger partial charge in [0.2, 0.25) is 0 Å². The van der Waals surface area contributed by atoms with Crippen LogP contribution in [0.5, 0.6) is 0 Å². The van der Waals surface area contributed by atoms with Gasteiger partial charge in [-0.1, -0.05) is 23.7 Å². The molecule has 2 aromatic rings. The van der Waals surface area contributed by atoms with Gasteiger partial charge in [0.15, 0.2) is 0 Å². The minimum atomic E-state index is -0.512. The summed E-state index contributed by atoms with van der Waals surface area (Å²) >= 11 is 6.04. The summed E-state index contributed by atoms with van der Waals surface area (Å²) in [6, 6.07) is 11.6. The van der Waals surface area contributed by atoms with Gasteiger partial charge in [0, 0.05) is 12.6 Å². The van der Waals surface area contributed by atoms with Crippen LogP contribution in [0, 0.1) is 21.4 Å². The standard InChI is InChI=1S/C16H10ClN3O3/c17-13-4-5-14(20(22)23)12-9-19(16(21)15(12)13)8-11-3-1-2-10(6-11)7-18/h1-6H,8-9H2. The molecule has 0 saturated heterocycles. The summed E-state index contributed by atoms with van der Waals surface area (Å²) in [6.45, 7) is 0.387. The van der Waals surface area contributed by atoms with Crippen molar-refractivity contribution in [3.05, 3.63) is 73.8 Å². The van der Waals surface area contributed by atoms with Crippen LogP contribution in [0.3, 0.4) is 0 Å². The summed E-state index contributed by atoms with van der Waals surface area (Å²) < 4.78 is 0. The first-order chi connectivity index (χ1) is 11.0. The second-order valence-corrected chi connectivity index (χ2v) is 5.56. The third-order valence-electron chi connectivity index (χ3n) is 3.71. The first kappa shape index (κ1) is 15.0. The Morgan fingerprint density at radius 3 is 2.83 bits per heavy atom. The lowest BCUT2D eigenvalue weighted by Crippen LogP contribution is -2.23. The first-order valence-electron chi connectivity index (χ1n) is 6.75. The van der Waals surface area contributed by atoms with Gasteiger partial charge in [-0.25, -0.2) is 0 Å². The van der Waals surface area contributed by atoms with E-state index in [4.69, 9.17) is 16.9 Å². The van der Waals surface area contributed by atoms with Crippen molar-refractivity contribution in [2.75, 3.05) is 0 Å². The van der Waals surface area contributed by atoms with Gasteiger partial charge in [-0.05, 0) is 23.8 Å². The number of halogens is 1. The highest BCUT2D eigenvalue weighted by Gasteiger charge is 2.35. The average molecular weight is 328 g/mol. The zero-order valence-electron chi connectivity index (χ0n) is 11.8. The minimum absolute atomic E-state index is 0.106. The molecule has 3 rings (SSSR count). The first-order valence-corrected chi connectivity index (χ1v) is 7.13. The van der Waals surface area contributed by atoms with Crippen molar-refractivity contribution in [1.82, 2.24) is 4.90 Å². The van der Waals surface area contributed by atoms with Crippen LogP contribution in [0.2, 0.25) is 5.02 Å². The average Bonchev–Trinajstić information content (AvgIpc) is 2.85. The molecule has 1 aliphatic rings. The second-order valence-electron chi connectivity index (χ2n) is 5.15. The van der Waals surface area contributed by atoms with Crippen LogP contribution in [0.15, 0.2) is 36.4 Å². The molecule has 0 spiro atoms. The highest BCUT2D eigenvalue weighted by molar-refractivity contribution is 6.34. The van der Waals surface area contributed by atoms with Crippen LogP contribution in [-0.2, 0) is 13.1 Å². The monoisotopic (exact) mass is 327 g/mol. The van der Waals surface area contributed by atoms with Crippen molar-refractivity contribution in [2.45, 2.75) is 13.1 Å². The van der Waals surface area contributed by atoms with E-state index in [9.17, 15) is 14.9 Å². The predicted octanol–water partition coefficient (Wildman–Crippen LogP) is 3.28. The highest BCUT2D eigenvalue weighted by atomic mass is 35.5. The van der Waals surface area contributed by atoms with Crippen molar-refractivity contribution in [1.29, 1.82) is 5.26 Å². The molecule has 0 unspecified atom stereocenters. The van der Waals surface area contributed by atoms with Crippen LogP contribution < -0.4 is 0 Å². The minimum Gasteiger partial charge on any atom is -0.330 e. The number of benzene rings is 2. The number of carbonyl (C=O) groups is 1. The number of nitriles is 1. The highest BCUT2D eigenvalue weighted by Crippen LogP contribution is 2.36. The Bertz CT molecular complexity index is 873. The molecule has 6 nitrogen and oxygen atoms in total. The normalized spacial score (nSPS) is 12.9. The number of hydrogen-bond acceptors (Lipinski definition) is 4. The predicted molar refractivity (Wildman–Crippen MR) is 82.8 cm³/mol. The molecule has 0 aliphatic carbocycles. The van der Waals surface area contributed by atoms with Crippen molar-refractivity contribution < 1.29 is 9.72 Å². The van der Waals surface area contributed by atoms with E-state index in [2.05, 4.69) is 0 Å². The molecule has 0 atom stereocenters. The number of nitrogens with zero attached hydrogens (tertiary/aromatic N) is 3. The quantitative estimate of drug-likeness (QED) is 0.639. The van der Waals surface area contributed by atoms with Gasteiger partial charge in [0.25, 0.3) is 11.6 Å². The lowest BCUT2D eigenvalue weighted by molar-refractivity contribution is -0.385. The third-order valence-corrected chi connectivity index (χ3v) is 4.03. The van der Waals surface area contributed by atoms with E-state index in [0.717, 1.165) is 5.56 Å². The fraction of sp³-hybridized carbons (Fsp3) is 0.125. The van der Waals surface area contributed by atoms with Gasteiger partial charge >= 0.3 is 0 Å². The molecule has 23 heavy (non-hydrogen) atoms. The van der Waals surface area contributed by atoms with Crippen LogP contribution in [0.25, 0.3) is 0 Å². The van der Waals surface area contributed by atoms with E-state index in [1.54, 1.807) is 24.3 Å². The molecular formula is C16H10ClN3O3. The molecule has 0 bridgehead atoms. The Kier molecular flexibility index (Phi) is 3.72. The summed E-state index contributed by atoms with van der Waals surface area (Å²) in [5, 5.41) is 20.3. The lowest BCUT2D eigenvalue weighted by Gasteiger charge is -2.15. The van der Waals surface area contributed by atoms with Gasteiger partial charge in [-0.15, -0.1) is 0 Å². The Hall–Kier alpha value is -2.91. The zero-order valence-corrected chi connectivity index (χ0v) is 12.6. The Morgan fingerprint density at radius 1 is 1.35 bits per heavy atom. The SMILES string of the molecule is N#Cc1cccc(CN2Cc3c([N+](=O)[O-])ccc(Cl)c3C2=O)c1. The maximum atomic E-state index is 12.5. The number of fused-ring (bicyclic) bond motifs is 1. The third kappa shape index (κ3) is 2.62. The topological polar surface area (TPSA) is 87.2 Å². The number of rotatable bonds is 3. The van der Waals surface area contributed by atoms with Crippen LogP contribution in [-0.4, -0.2) is 15.7 Å². The molecule has 0 N–H and O–H groups in total. The lowest BCUT2D eigenvalue weighted by atomic mass is 10.1. The summed E-state index contributed by atoms with van der Waals surface area (Å²) in [6.07, 6.45) is 0. The molecular weight excluding hydrogens is 318 g/mol. The maximum absolute atomic E-state index is 12.5. The summed E-state index contributed by atoms with van der Waals surface area (Å²) in [4.78, 5) is 24.6. The molecule has 1 amide bonds. The Labute approximate surface area is 136 Å². The fourth-order valence-corrected chi connectivity index (χ4v) is 2.94. The smallest absolute Gasteiger partial charge is 0.275 e. The maximum Gasteiger partial charge on any atom is 0.275 e. The van der Waals surface area contributed by atoms with E-state index in [0.29, 0.717) is 11.1 Å². The number of hydrogen-bond donors (Lipinski definition) is 0. The zero-order chi connectivity index (χ0) is 16.6. The van der Waals surface area contributed by atoms with Crippen molar-refractivity contribution in [2.24, 2.45) is 0 Å². The number of carbonyl (C=O) groups excluding carboxylic acids is 1. The molecule has 1 heterocycles. The largest absolute Gasteiger partial charge is 0.330 e. The van der Waals surface area contributed by atoms with E-state index in [-0.39, 0.29) is 35.3 Å². The fourth-order valence-electron chi connectivity index (χ4n) is 2.68. The van der Waals surface area contributed by atoms with Gasteiger partial charge < -0.3 is 4.90 Å². The molecule has 0 radical (unpaired) electrons. The number of amides is 1. The molecule has 0 aromatic heterocycles. The van der Waals surface area contributed by atoms with Crippen LogP contribution >= 0.6 is 11.6 Å². The molecule has 1 aliphatic heterocycles. The van der Waals surface area contributed by atoms with Crippen molar-refractivity contribution in [3.63, 3.8) is 0 Å². The van der Waals surface area contributed by atoms with Gasteiger partial charge in [-0.3, -0.25) is 14.9 Å². The van der Waals surface area contributed by atoms with Crippen LogP contribution in [0.1, 0.15) is 27.0 Å². The van der Waals surface area contributed by atoms with E-state index < -0.39 is 4.92 Å². The molecule has 114 valence electrons.